The van der Waals surface area contributed by atoms with Crippen LogP contribution in [0.3, 0.4) is 0 Å². The van der Waals surface area contributed by atoms with Gasteiger partial charge < -0.3 is 24.8 Å². The topological polar surface area (TPSA) is 83.9 Å². The van der Waals surface area contributed by atoms with E-state index in [1.807, 2.05) is 25.1 Å². The molecule has 1 aromatic carbocycles. The van der Waals surface area contributed by atoms with Gasteiger partial charge in [0.25, 0.3) is 5.91 Å². The minimum atomic E-state index is -0.184. The molecule has 0 bridgehead atoms. The molecule has 8 heteroatoms. The van der Waals surface area contributed by atoms with E-state index in [2.05, 4.69) is 10.3 Å². The van der Waals surface area contributed by atoms with Crippen LogP contribution in [-0.2, 0) is 0 Å². The second-order valence-electron chi connectivity index (χ2n) is 4.84. The number of rotatable bonds is 6. The third-order valence-corrected chi connectivity index (χ3v) is 4.14. The summed E-state index contributed by atoms with van der Waals surface area (Å²) >= 11 is 1.35. The number of nitrogens with zero attached hydrogens (tertiary/aromatic N) is 2. The lowest BCUT2D eigenvalue weighted by atomic mass is 10.3. The van der Waals surface area contributed by atoms with E-state index < -0.39 is 0 Å². The van der Waals surface area contributed by atoms with Gasteiger partial charge in [0.2, 0.25) is 6.79 Å². The van der Waals surface area contributed by atoms with Crippen molar-refractivity contribution in [2.24, 2.45) is 0 Å². The number of aromatic nitrogens is 1. The second kappa shape index (κ2) is 6.84. The lowest BCUT2D eigenvalue weighted by Gasteiger charge is -2.18. The highest BCUT2D eigenvalue weighted by atomic mass is 32.1. The highest BCUT2D eigenvalue weighted by Gasteiger charge is 2.18. The van der Waals surface area contributed by atoms with Crippen molar-refractivity contribution in [1.82, 2.24) is 9.88 Å². The molecule has 3 rings (SSSR count). The molecule has 1 aromatic heterocycles. The van der Waals surface area contributed by atoms with Crippen LogP contribution >= 0.6 is 11.3 Å². The van der Waals surface area contributed by atoms with Crippen LogP contribution in [0.25, 0.3) is 0 Å². The van der Waals surface area contributed by atoms with Crippen molar-refractivity contribution >= 4 is 28.1 Å². The molecule has 0 atom stereocenters. The van der Waals surface area contributed by atoms with Crippen molar-refractivity contribution in [3.63, 3.8) is 0 Å². The number of anilines is 2. The standard InChI is InChI=1S/C15H17N3O4S/c1-2-18(5-6-19)14(20)11-8-23-15(17-11)16-10-3-4-12-13(7-10)22-9-21-12/h3-4,7-8,19H,2,5-6,9H2,1H3,(H,16,17). The van der Waals surface area contributed by atoms with Crippen LogP contribution in [0.5, 0.6) is 11.5 Å². The molecule has 1 aliphatic heterocycles. The summed E-state index contributed by atoms with van der Waals surface area (Å²) in [6, 6.07) is 5.51. The highest BCUT2D eigenvalue weighted by Crippen LogP contribution is 2.35. The molecule has 0 saturated heterocycles. The Hall–Kier alpha value is -2.32. The molecule has 0 spiro atoms. The zero-order valence-electron chi connectivity index (χ0n) is 12.6. The summed E-state index contributed by atoms with van der Waals surface area (Å²) < 4.78 is 10.6. The third-order valence-electron chi connectivity index (χ3n) is 3.39. The van der Waals surface area contributed by atoms with E-state index in [1.54, 1.807) is 10.3 Å². The number of benzene rings is 1. The third kappa shape index (κ3) is 3.38. The van der Waals surface area contributed by atoms with Crippen molar-refractivity contribution in [2.45, 2.75) is 6.92 Å². The zero-order valence-corrected chi connectivity index (χ0v) is 13.4. The molecule has 23 heavy (non-hydrogen) atoms. The maximum Gasteiger partial charge on any atom is 0.273 e. The number of carbonyl (C=O) groups excluding carboxylic acids is 1. The second-order valence-corrected chi connectivity index (χ2v) is 5.70. The fraction of sp³-hybridized carbons (Fsp3) is 0.333. The van der Waals surface area contributed by atoms with Gasteiger partial charge in [-0.05, 0) is 19.1 Å². The van der Waals surface area contributed by atoms with Crippen molar-refractivity contribution in [1.29, 1.82) is 0 Å². The first-order valence-corrected chi connectivity index (χ1v) is 8.11. The lowest BCUT2D eigenvalue weighted by Crippen LogP contribution is -2.33. The normalized spacial score (nSPS) is 12.3. The Morgan fingerprint density at radius 1 is 1.43 bits per heavy atom. The Labute approximate surface area is 137 Å². The first-order chi connectivity index (χ1) is 11.2. The van der Waals surface area contributed by atoms with Crippen molar-refractivity contribution in [3.05, 3.63) is 29.3 Å². The monoisotopic (exact) mass is 335 g/mol. The summed E-state index contributed by atoms with van der Waals surface area (Å²) in [6.45, 7) is 2.86. The summed E-state index contributed by atoms with van der Waals surface area (Å²) in [5.41, 5.74) is 1.18. The molecule has 2 N–H and O–H groups in total. The van der Waals surface area contributed by atoms with Gasteiger partial charge in [0, 0.05) is 30.2 Å². The van der Waals surface area contributed by atoms with Crippen LogP contribution in [-0.4, -0.2) is 47.4 Å². The number of hydrogen-bond acceptors (Lipinski definition) is 7. The molecular formula is C15H17N3O4S. The van der Waals surface area contributed by atoms with Crippen molar-refractivity contribution in [3.8, 4) is 11.5 Å². The number of hydrogen-bond donors (Lipinski definition) is 2. The van der Waals surface area contributed by atoms with Crippen molar-refractivity contribution in [2.75, 3.05) is 31.8 Å². The Bertz CT molecular complexity index is 704. The van der Waals surface area contributed by atoms with Gasteiger partial charge >= 0.3 is 0 Å². The Balaban J connectivity index is 1.71. The molecule has 0 aliphatic carbocycles. The Morgan fingerprint density at radius 3 is 3.04 bits per heavy atom. The molecule has 0 fully saturated rings. The minimum Gasteiger partial charge on any atom is -0.454 e. The molecular weight excluding hydrogens is 318 g/mol. The number of aliphatic hydroxyl groups excluding tert-OH is 1. The van der Waals surface area contributed by atoms with Gasteiger partial charge in [0.15, 0.2) is 16.6 Å². The average molecular weight is 335 g/mol. The fourth-order valence-corrected chi connectivity index (χ4v) is 2.92. The molecule has 2 heterocycles. The molecule has 122 valence electrons. The molecule has 0 saturated carbocycles. The van der Waals surface area contributed by atoms with E-state index in [4.69, 9.17) is 14.6 Å². The quantitative estimate of drug-likeness (QED) is 0.841. The smallest absolute Gasteiger partial charge is 0.273 e. The van der Waals surface area contributed by atoms with E-state index in [9.17, 15) is 4.79 Å². The zero-order chi connectivity index (χ0) is 16.2. The van der Waals surface area contributed by atoms with E-state index in [1.165, 1.54) is 11.3 Å². The van der Waals surface area contributed by atoms with Gasteiger partial charge in [-0.3, -0.25) is 4.79 Å². The maximum absolute atomic E-state index is 12.3. The van der Waals surface area contributed by atoms with Crippen LogP contribution in [0.4, 0.5) is 10.8 Å². The predicted octanol–water partition coefficient (Wildman–Crippen LogP) is 2.07. The Kier molecular flexibility index (Phi) is 4.63. The van der Waals surface area contributed by atoms with Gasteiger partial charge in [-0.25, -0.2) is 4.98 Å². The fourth-order valence-electron chi connectivity index (χ4n) is 2.21. The first kappa shape index (κ1) is 15.6. The number of fused-ring (bicyclic) bond motifs is 1. The average Bonchev–Trinajstić information content (AvgIpc) is 3.20. The first-order valence-electron chi connectivity index (χ1n) is 7.23. The summed E-state index contributed by atoms with van der Waals surface area (Å²) in [4.78, 5) is 18.1. The van der Waals surface area contributed by atoms with E-state index in [-0.39, 0.29) is 19.3 Å². The SMILES string of the molecule is CCN(CCO)C(=O)c1csc(Nc2ccc3c(c2)OCO3)n1. The molecule has 0 radical (unpaired) electrons. The van der Waals surface area contributed by atoms with Gasteiger partial charge in [-0.2, -0.15) is 0 Å². The maximum atomic E-state index is 12.3. The number of aliphatic hydroxyl groups is 1. The number of thiazole rings is 1. The molecule has 0 unspecified atom stereocenters. The van der Waals surface area contributed by atoms with Crippen LogP contribution in [0.15, 0.2) is 23.6 Å². The van der Waals surface area contributed by atoms with E-state index in [0.29, 0.717) is 35.4 Å². The number of nitrogens with one attached hydrogen (secondary N) is 1. The summed E-state index contributed by atoms with van der Waals surface area (Å²) in [5.74, 6) is 1.22. The van der Waals surface area contributed by atoms with Gasteiger partial charge in [0.05, 0.1) is 6.61 Å². The highest BCUT2D eigenvalue weighted by molar-refractivity contribution is 7.14. The van der Waals surface area contributed by atoms with Gasteiger partial charge in [-0.1, -0.05) is 0 Å². The van der Waals surface area contributed by atoms with Crippen LogP contribution in [0, 0.1) is 0 Å². The van der Waals surface area contributed by atoms with Crippen molar-refractivity contribution < 1.29 is 19.4 Å². The number of amides is 1. The summed E-state index contributed by atoms with van der Waals surface area (Å²) in [7, 11) is 0. The lowest BCUT2D eigenvalue weighted by molar-refractivity contribution is 0.0727. The van der Waals surface area contributed by atoms with Gasteiger partial charge in [-0.15, -0.1) is 11.3 Å². The minimum absolute atomic E-state index is 0.0635. The van der Waals surface area contributed by atoms with E-state index >= 15 is 0 Å². The number of ether oxygens (including phenoxy) is 2. The van der Waals surface area contributed by atoms with Crippen LogP contribution < -0.4 is 14.8 Å². The summed E-state index contributed by atoms with van der Waals surface area (Å²) in [6.07, 6.45) is 0. The summed E-state index contributed by atoms with van der Waals surface area (Å²) in [5, 5.41) is 14.5. The molecule has 7 nitrogen and oxygen atoms in total. The molecule has 1 amide bonds. The van der Waals surface area contributed by atoms with E-state index in [0.717, 1.165) is 5.69 Å². The predicted molar refractivity (Wildman–Crippen MR) is 86.6 cm³/mol. The molecule has 2 aromatic rings. The number of carbonyl (C=O) groups is 1. The largest absolute Gasteiger partial charge is 0.454 e. The van der Waals surface area contributed by atoms with Crippen LogP contribution in [0.1, 0.15) is 17.4 Å². The molecule has 1 aliphatic rings. The van der Waals surface area contributed by atoms with Crippen LogP contribution in [0.2, 0.25) is 0 Å². The number of likely N-dealkylation sites (N-methyl/N-ethyl adjacent to an activating group) is 1. The van der Waals surface area contributed by atoms with Gasteiger partial charge in [0.1, 0.15) is 5.69 Å². The Morgan fingerprint density at radius 2 is 2.26 bits per heavy atom.